The number of halogens is 2. The molecule has 0 bridgehead atoms. The Labute approximate surface area is 132 Å². The third-order valence-corrected chi connectivity index (χ3v) is 3.69. The quantitative estimate of drug-likeness (QED) is 0.885. The van der Waals surface area contributed by atoms with E-state index in [1.54, 1.807) is 37.5 Å². The topological polar surface area (TPSA) is 62.5 Å². The molecule has 112 valence electrons. The van der Waals surface area contributed by atoms with Gasteiger partial charge in [0.25, 0.3) is 5.91 Å². The lowest BCUT2D eigenvalue weighted by atomic mass is 10.0. The summed E-state index contributed by atoms with van der Waals surface area (Å²) in [4.78, 5) is 12.0. The van der Waals surface area contributed by atoms with Crippen LogP contribution in [0.5, 0.6) is 0 Å². The lowest BCUT2D eigenvalue weighted by molar-refractivity contribution is 0.0510. The van der Waals surface area contributed by atoms with E-state index >= 15 is 0 Å². The van der Waals surface area contributed by atoms with Gasteiger partial charge in [-0.3, -0.25) is 4.79 Å². The third-order valence-electron chi connectivity index (χ3n) is 2.95. The number of carbonyl (C=O) groups is 1. The number of rotatable bonds is 5. The highest BCUT2D eigenvalue weighted by Crippen LogP contribution is 2.22. The van der Waals surface area contributed by atoms with Crippen LogP contribution < -0.4 is 5.32 Å². The minimum atomic E-state index is -1.11. The van der Waals surface area contributed by atoms with Crippen LogP contribution in [0.25, 0.3) is 0 Å². The number of furan rings is 1. The molecule has 0 aliphatic carbocycles. The fourth-order valence-electron chi connectivity index (χ4n) is 1.86. The number of amides is 1. The molecule has 6 heteroatoms. The maximum atomic E-state index is 12.0. The van der Waals surface area contributed by atoms with Gasteiger partial charge in [0.2, 0.25) is 0 Å². The Morgan fingerprint density at radius 1 is 1.33 bits per heavy atom. The molecule has 1 amide bonds. The van der Waals surface area contributed by atoms with E-state index in [2.05, 4.69) is 5.32 Å². The zero-order chi connectivity index (χ0) is 15.5. The normalized spacial score (nSPS) is 13.7. The molecule has 1 heterocycles. The van der Waals surface area contributed by atoms with Gasteiger partial charge in [-0.15, -0.1) is 0 Å². The molecule has 2 N–H and O–H groups in total. The molecule has 1 aromatic heterocycles. The molecule has 21 heavy (non-hydrogen) atoms. The average molecular weight is 328 g/mol. The van der Waals surface area contributed by atoms with Crippen LogP contribution in [0.15, 0.2) is 41.0 Å². The second-order valence-corrected chi connectivity index (χ2v) is 5.88. The summed E-state index contributed by atoms with van der Waals surface area (Å²) in [6.07, 6.45) is 1.85. The lowest BCUT2D eigenvalue weighted by Crippen LogP contribution is -2.42. The molecule has 0 fully saturated rings. The zero-order valence-corrected chi connectivity index (χ0v) is 12.9. The van der Waals surface area contributed by atoms with Gasteiger partial charge in [0.15, 0.2) is 0 Å². The summed E-state index contributed by atoms with van der Waals surface area (Å²) in [5.41, 5.74) is -0.720. The smallest absolute Gasteiger partial charge is 0.251 e. The van der Waals surface area contributed by atoms with Crippen LogP contribution in [-0.4, -0.2) is 23.2 Å². The number of benzene rings is 1. The highest BCUT2D eigenvalue weighted by atomic mass is 35.5. The Morgan fingerprint density at radius 3 is 2.71 bits per heavy atom. The van der Waals surface area contributed by atoms with Crippen molar-refractivity contribution >= 4 is 29.1 Å². The second kappa shape index (κ2) is 6.52. The van der Waals surface area contributed by atoms with Gasteiger partial charge in [0, 0.05) is 18.5 Å². The van der Waals surface area contributed by atoms with Crippen LogP contribution in [-0.2, 0) is 6.42 Å². The van der Waals surface area contributed by atoms with Gasteiger partial charge in [0.1, 0.15) is 5.76 Å². The molecule has 0 saturated heterocycles. The van der Waals surface area contributed by atoms with Crippen LogP contribution in [0.4, 0.5) is 0 Å². The maximum absolute atomic E-state index is 12.0. The lowest BCUT2D eigenvalue weighted by Gasteiger charge is -2.22. The number of aliphatic hydroxyl groups is 1. The van der Waals surface area contributed by atoms with E-state index in [1.165, 1.54) is 6.07 Å². The Kier molecular flexibility index (Phi) is 4.93. The third kappa shape index (κ3) is 4.49. The molecule has 2 aromatic rings. The zero-order valence-electron chi connectivity index (χ0n) is 11.4. The van der Waals surface area contributed by atoms with Crippen molar-refractivity contribution in [1.29, 1.82) is 0 Å². The summed E-state index contributed by atoms with van der Waals surface area (Å²) in [5, 5.41) is 13.6. The number of nitrogens with one attached hydrogen (secondary N) is 1. The first kappa shape index (κ1) is 15.9. The summed E-state index contributed by atoms with van der Waals surface area (Å²) in [5.74, 6) is 0.331. The molecule has 0 aliphatic rings. The number of carbonyl (C=O) groups excluding carboxylic acids is 1. The van der Waals surface area contributed by atoms with Gasteiger partial charge in [-0.25, -0.2) is 0 Å². The summed E-state index contributed by atoms with van der Waals surface area (Å²) in [7, 11) is 0. The summed E-state index contributed by atoms with van der Waals surface area (Å²) < 4.78 is 5.18. The van der Waals surface area contributed by atoms with Crippen LogP contribution in [0.1, 0.15) is 23.0 Å². The van der Waals surface area contributed by atoms with Gasteiger partial charge in [-0.1, -0.05) is 23.2 Å². The van der Waals surface area contributed by atoms with E-state index in [9.17, 15) is 9.90 Å². The van der Waals surface area contributed by atoms with Crippen LogP contribution in [0.2, 0.25) is 10.0 Å². The predicted molar refractivity (Wildman–Crippen MR) is 81.8 cm³/mol. The average Bonchev–Trinajstić information content (AvgIpc) is 2.91. The number of hydrogen-bond acceptors (Lipinski definition) is 3. The van der Waals surface area contributed by atoms with Crippen molar-refractivity contribution < 1.29 is 14.3 Å². The molecule has 1 unspecified atom stereocenters. The predicted octanol–water partition coefficient (Wildman–Crippen LogP) is 3.31. The molecule has 2 rings (SSSR count). The van der Waals surface area contributed by atoms with Crippen LogP contribution >= 0.6 is 23.2 Å². The molecule has 0 saturated carbocycles. The molecule has 4 nitrogen and oxygen atoms in total. The van der Waals surface area contributed by atoms with Crippen molar-refractivity contribution in [1.82, 2.24) is 5.32 Å². The van der Waals surface area contributed by atoms with E-state index in [4.69, 9.17) is 27.6 Å². The second-order valence-electron chi connectivity index (χ2n) is 5.06. The molecular weight excluding hydrogens is 313 g/mol. The molecular formula is C15H15Cl2NO3. The molecule has 0 spiro atoms. The van der Waals surface area contributed by atoms with Crippen molar-refractivity contribution in [2.24, 2.45) is 0 Å². The Morgan fingerprint density at radius 2 is 2.10 bits per heavy atom. The highest BCUT2D eigenvalue weighted by molar-refractivity contribution is 6.42. The van der Waals surface area contributed by atoms with E-state index in [-0.39, 0.29) is 12.5 Å². The minimum absolute atomic E-state index is 0.0901. The van der Waals surface area contributed by atoms with E-state index in [0.717, 1.165) is 0 Å². The van der Waals surface area contributed by atoms with Crippen molar-refractivity contribution in [2.75, 3.05) is 6.54 Å². The fraction of sp³-hybridized carbons (Fsp3) is 0.267. The minimum Gasteiger partial charge on any atom is -0.469 e. The molecule has 0 radical (unpaired) electrons. The van der Waals surface area contributed by atoms with E-state index in [0.29, 0.717) is 27.8 Å². The Balaban J connectivity index is 1.95. The fourth-order valence-corrected chi connectivity index (χ4v) is 2.16. The maximum Gasteiger partial charge on any atom is 0.251 e. The monoisotopic (exact) mass is 327 g/mol. The summed E-state index contributed by atoms with van der Waals surface area (Å²) in [6, 6.07) is 8.14. The summed E-state index contributed by atoms with van der Waals surface area (Å²) >= 11 is 11.7. The SMILES string of the molecule is CC(O)(CNC(=O)c1ccc(Cl)c(Cl)c1)Cc1ccco1. The van der Waals surface area contributed by atoms with Gasteiger partial charge in [0.05, 0.1) is 21.9 Å². The molecule has 1 aromatic carbocycles. The molecule has 0 aliphatic heterocycles. The first-order chi connectivity index (χ1) is 9.87. The van der Waals surface area contributed by atoms with Crippen molar-refractivity contribution in [3.8, 4) is 0 Å². The Hall–Kier alpha value is -1.49. The van der Waals surface area contributed by atoms with Gasteiger partial charge >= 0.3 is 0 Å². The first-order valence-electron chi connectivity index (χ1n) is 6.35. The van der Waals surface area contributed by atoms with Crippen molar-refractivity contribution in [3.63, 3.8) is 0 Å². The van der Waals surface area contributed by atoms with Crippen LogP contribution in [0.3, 0.4) is 0 Å². The van der Waals surface area contributed by atoms with E-state index < -0.39 is 5.60 Å². The summed E-state index contributed by atoms with van der Waals surface area (Å²) in [6.45, 7) is 1.72. The molecule has 1 atom stereocenters. The highest BCUT2D eigenvalue weighted by Gasteiger charge is 2.23. The van der Waals surface area contributed by atoms with Crippen molar-refractivity contribution in [2.45, 2.75) is 18.9 Å². The van der Waals surface area contributed by atoms with Crippen molar-refractivity contribution in [3.05, 3.63) is 58.0 Å². The van der Waals surface area contributed by atoms with Crippen LogP contribution in [0, 0.1) is 0 Å². The number of hydrogen-bond donors (Lipinski definition) is 2. The van der Waals surface area contributed by atoms with E-state index in [1.807, 2.05) is 0 Å². The van der Waals surface area contributed by atoms with Gasteiger partial charge in [-0.05, 0) is 37.3 Å². The Bertz CT molecular complexity index is 624. The van der Waals surface area contributed by atoms with Gasteiger partial charge in [-0.2, -0.15) is 0 Å². The standard InChI is InChI=1S/C15H15Cl2NO3/c1-15(20,8-11-3-2-6-21-11)9-18-14(19)10-4-5-12(16)13(17)7-10/h2-7,20H,8-9H2,1H3,(H,18,19). The van der Waals surface area contributed by atoms with Gasteiger partial charge < -0.3 is 14.8 Å². The largest absolute Gasteiger partial charge is 0.469 e. The first-order valence-corrected chi connectivity index (χ1v) is 7.11.